The molecule has 0 aromatic carbocycles. The fraction of sp³-hybridized carbons (Fsp3) is 0.778. The molecule has 1 fully saturated rings. The maximum atomic E-state index is 11.2. The summed E-state index contributed by atoms with van der Waals surface area (Å²) in [5, 5.41) is 8.91. The summed E-state index contributed by atoms with van der Waals surface area (Å²) in [5.74, 6) is 0.0287. The highest BCUT2D eigenvalue weighted by molar-refractivity contribution is 5.85. The normalized spacial score (nSPS) is 23.1. The molecular weight excluding hydrogens is 140 g/mol. The lowest BCUT2D eigenvalue weighted by molar-refractivity contribution is -0.130. The highest BCUT2D eigenvalue weighted by Crippen LogP contribution is 2.24. The summed E-state index contributed by atoms with van der Waals surface area (Å²) in [6.07, 6.45) is 4.39. The summed E-state index contributed by atoms with van der Waals surface area (Å²) >= 11 is 0. The van der Waals surface area contributed by atoms with Crippen LogP contribution >= 0.6 is 0 Å². The van der Waals surface area contributed by atoms with Gasteiger partial charge in [0.25, 0.3) is 0 Å². The Hall–Kier alpha value is -0.370. The predicted molar refractivity (Wildman–Crippen MR) is 42.9 cm³/mol. The Morgan fingerprint density at radius 3 is 2.36 bits per heavy atom. The summed E-state index contributed by atoms with van der Waals surface area (Å²) in [5.41, 5.74) is 0. The Morgan fingerprint density at radius 2 is 1.91 bits per heavy atom. The van der Waals surface area contributed by atoms with Crippen LogP contribution in [-0.2, 0) is 4.79 Å². The molecule has 0 bridgehead atoms. The van der Waals surface area contributed by atoms with Crippen molar-refractivity contribution in [3.05, 3.63) is 6.92 Å². The van der Waals surface area contributed by atoms with Crippen molar-refractivity contribution in [2.75, 3.05) is 0 Å². The van der Waals surface area contributed by atoms with Crippen molar-refractivity contribution in [1.29, 1.82) is 0 Å². The molecule has 1 aliphatic carbocycles. The van der Waals surface area contributed by atoms with Crippen LogP contribution in [0.2, 0.25) is 0 Å². The van der Waals surface area contributed by atoms with Crippen LogP contribution < -0.4 is 0 Å². The van der Waals surface area contributed by atoms with Gasteiger partial charge in [0.15, 0.2) is 5.78 Å². The molecule has 11 heavy (non-hydrogen) atoms. The molecular formula is C9H15O2. The van der Waals surface area contributed by atoms with Gasteiger partial charge in [0, 0.05) is 5.92 Å². The number of rotatable bonds is 2. The van der Waals surface area contributed by atoms with Crippen molar-refractivity contribution in [2.45, 2.75) is 38.2 Å². The first-order valence-electron chi connectivity index (χ1n) is 4.26. The Morgan fingerprint density at radius 1 is 1.36 bits per heavy atom. The maximum absolute atomic E-state index is 11.2. The lowest BCUT2D eigenvalue weighted by Crippen LogP contribution is -2.27. The number of carbonyl (C=O) groups is 1. The minimum absolute atomic E-state index is 0.0651. The van der Waals surface area contributed by atoms with E-state index in [4.69, 9.17) is 5.11 Å². The van der Waals surface area contributed by atoms with E-state index in [0.717, 1.165) is 25.7 Å². The standard InChI is InChI=1S/C9H15O2/c1-7(10)9(11)8-5-3-2-4-6-8/h7-8,10H,1-6H2. The monoisotopic (exact) mass is 155 g/mol. The third kappa shape index (κ3) is 2.29. The molecule has 0 aromatic heterocycles. The molecule has 1 radical (unpaired) electrons. The minimum atomic E-state index is -1.00. The first-order chi connectivity index (χ1) is 5.22. The lowest BCUT2D eigenvalue weighted by atomic mass is 9.85. The number of aliphatic hydroxyl groups excluding tert-OH is 1. The van der Waals surface area contributed by atoms with Crippen molar-refractivity contribution < 1.29 is 9.90 Å². The van der Waals surface area contributed by atoms with E-state index in [1.165, 1.54) is 6.42 Å². The largest absolute Gasteiger partial charge is 0.385 e. The van der Waals surface area contributed by atoms with Crippen molar-refractivity contribution in [2.24, 2.45) is 5.92 Å². The maximum Gasteiger partial charge on any atom is 0.164 e. The first-order valence-corrected chi connectivity index (χ1v) is 4.26. The quantitative estimate of drug-likeness (QED) is 0.653. The number of carbonyl (C=O) groups excluding carboxylic acids is 1. The molecule has 0 spiro atoms. The Kier molecular flexibility index (Phi) is 3.06. The fourth-order valence-electron chi connectivity index (χ4n) is 1.66. The van der Waals surface area contributed by atoms with E-state index in [1.807, 2.05) is 0 Å². The molecule has 0 heterocycles. The van der Waals surface area contributed by atoms with Crippen LogP contribution in [0.5, 0.6) is 0 Å². The van der Waals surface area contributed by atoms with Crippen LogP contribution in [0.25, 0.3) is 0 Å². The van der Waals surface area contributed by atoms with Gasteiger partial charge in [0.1, 0.15) is 6.10 Å². The summed E-state index contributed by atoms with van der Waals surface area (Å²) in [7, 11) is 0. The molecule has 0 aliphatic heterocycles. The van der Waals surface area contributed by atoms with E-state index in [0.29, 0.717) is 0 Å². The van der Waals surface area contributed by atoms with Crippen LogP contribution in [-0.4, -0.2) is 17.0 Å². The molecule has 0 saturated heterocycles. The molecule has 63 valence electrons. The highest BCUT2D eigenvalue weighted by atomic mass is 16.3. The third-order valence-corrected chi connectivity index (χ3v) is 2.34. The average Bonchev–Trinajstić information content (AvgIpc) is 2.05. The van der Waals surface area contributed by atoms with E-state index < -0.39 is 6.10 Å². The van der Waals surface area contributed by atoms with E-state index in [-0.39, 0.29) is 11.7 Å². The molecule has 1 unspecified atom stereocenters. The molecule has 0 aromatic rings. The fourth-order valence-corrected chi connectivity index (χ4v) is 1.66. The molecule has 0 amide bonds. The summed E-state index contributed by atoms with van der Waals surface area (Å²) in [6, 6.07) is 0. The van der Waals surface area contributed by atoms with Crippen LogP contribution in [0.15, 0.2) is 0 Å². The number of hydrogen-bond donors (Lipinski definition) is 1. The molecule has 1 saturated carbocycles. The zero-order valence-corrected chi connectivity index (χ0v) is 6.75. The topological polar surface area (TPSA) is 37.3 Å². The van der Waals surface area contributed by atoms with Gasteiger partial charge in [-0.2, -0.15) is 0 Å². The number of Topliss-reactive ketones (excluding diaryl/α,β-unsaturated/α-hetero) is 1. The second kappa shape index (κ2) is 3.86. The lowest BCUT2D eigenvalue weighted by Gasteiger charge is -2.21. The molecule has 1 rings (SSSR count). The van der Waals surface area contributed by atoms with E-state index in [9.17, 15) is 4.79 Å². The van der Waals surface area contributed by atoms with Crippen LogP contribution in [0, 0.1) is 12.8 Å². The van der Waals surface area contributed by atoms with Crippen molar-refractivity contribution in [3.8, 4) is 0 Å². The summed E-state index contributed by atoms with van der Waals surface area (Å²) < 4.78 is 0. The van der Waals surface area contributed by atoms with Crippen LogP contribution in [0.3, 0.4) is 0 Å². The first kappa shape index (κ1) is 8.72. The second-order valence-corrected chi connectivity index (χ2v) is 3.25. The third-order valence-electron chi connectivity index (χ3n) is 2.34. The van der Waals surface area contributed by atoms with Gasteiger partial charge in [-0.1, -0.05) is 19.3 Å². The van der Waals surface area contributed by atoms with Gasteiger partial charge in [-0.05, 0) is 19.8 Å². The highest BCUT2D eigenvalue weighted by Gasteiger charge is 2.23. The zero-order valence-electron chi connectivity index (χ0n) is 6.75. The Bertz CT molecular complexity index is 134. The van der Waals surface area contributed by atoms with Gasteiger partial charge in [-0.15, -0.1) is 0 Å². The van der Waals surface area contributed by atoms with Gasteiger partial charge in [0.2, 0.25) is 0 Å². The summed E-state index contributed by atoms with van der Waals surface area (Å²) in [4.78, 5) is 11.2. The molecule has 1 N–H and O–H groups in total. The number of hydrogen-bond acceptors (Lipinski definition) is 2. The number of aliphatic hydroxyl groups is 1. The van der Waals surface area contributed by atoms with Crippen molar-refractivity contribution >= 4 is 5.78 Å². The Labute approximate surface area is 67.6 Å². The average molecular weight is 155 g/mol. The van der Waals surface area contributed by atoms with Crippen molar-refractivity contribution in [3.63, 3.8) is 0 Å². The van der Waals surface area contributed by atoms with E-state index >= 15 is 0 Å². The number of ketones is 1. The van der Waals surface area contributed by atoms with Gasteiger partial charge >= 0.3 is 0 Å². The zero-order chi connectivity index (χ0) is 8.27. The minimum Gasteiger partial charge on any atom is -0.385 e. The smallest absolute Gasteiger partial charge is 0.164 e. The molecule has 2 nitrogen and oxygen atoms in total. The van der Waals surface area contributed by atoms with Gasteiger partial charge < -0.3 is 5.11 Å². The SMILES string of the molecule is [CH2]C(O)C(=O)C1CCCCC1. The van der Waals surface area contributed by atoms with Gasteiger partial charge in [0.05, 0.1) is 0 Å². The predicted octanol–water partition coefficient (Wildman–Crippen LogP) is 1.33. The van der Waals surface area contributed by atoms with E-state index in [1.54, 1.807) is 0 Å². The summed E-state index contributed by atoms with van der Waals surface area (Å²) in [6.45, 7) is 3.32. The molecule has 2 heteroatoms. The van der Waals surface area contributed by atoms with E-state index in [2.05, 4.69) is 6.92 Å². The molecule has 1 aliphatic rings. The Balaban J connectivity index is 2.39. The van der Waals surface area contributed by atoms with Gasteiger partial charge in [-0.25, -0.2) is 0 Å². The molecule has 1 atom stereocenters. The van der Waals surface area contributed by atoms with Crippen molar-refractivity contribution in [1.82, 2.24) is 0 Å². The van der Waals surface area contributed by atoms with Crippen LogP contribution in [0.1, 0.15) is 32.1 Å². The van der Waals surface area contributed by atoms with Crippen LogP contribution in [0.4, 0.5) is 0 Å². The van der Waals surface area contributed by atoms with Gasteiger partial charge in [-0.3, -0.25) is 4.79 Å². The second-order valence-electron chi connectivity index (χ2n) is 3.25.